The number of benzene rings is 1. The Morgan fingerprint density at radius 3 is 2.62 bits per heavy atom. The van der Waals surface area contributed by atoms with E-state index in [2.05, 4.69) is 59.8 Å². The highest BCUT2D eigenvalue weighted by Crippen LogP contribution is 2.23. The molecule has 3 nitrogen and oxygen atoms in total. The predicted octanol–water partition coefficient (Wildman–Crippen LogP) is 3.82. The Balaban J connectivity index is 1.68. The lowest BCUT2D eigenvalue weighted by atomic mass is 9.97. The first kappa shape index (κ1) is 14.2. The second-order valence-corrected chi connectivity index (χ2v) is 6.25. The molecule has 2 heterocycles. The van der Waals surface area contributed by atoms with E-state index >= 15 is 0 Å². The van der Waals surface area contributed by atoms with Crippen LogP contribution < -0.4 is 0 Å². The van der Waals surface area contributed by atoms with Gasteiger partial charge in [0.2, 0.25) is 5.91 Å². The van der Waals surface area contributed by atoms with Crippen LogP contribution in [0.1, 0.15) is 39.5 Å². The number of carbonyl (C=O) groups is 1. The highest BCUT2D eigenvalue weighted by Gasteiger charge is 2.28. The minimum atomic E-state index is 0.299. The van der Waals surface area contributed by atoms with Gasteiger partial charge in [-0.15, -0.1) is 0 Å². The first-order valence-electron chi connectivity index (χ1n) is 8.02. The number of rotatable bonds is 3. The van der Waals surface area contributed by atoms with Gasteiger partial charge in [-0.1, -0.05) is 18.2 Å². The maximum absolute atomic E-state index is 12.6. The molecule has 0 N–H and O–H groups in total. The Morgan fingerprint density at radius 2 is 1.86 bits per heavy atom. The summed E-state index contributed by atoms with van der Waals surface area (Å²) in [5.74, 6) is 0.299. The Morgan fingerprint density at radius 1 is 1.14 bits per heavy atom. The molecule has 0 aliphatic carbocycles. The molecule has 1 aromatic heterocycles. The van der Waals surface area contributed by atoms with Crippen molar-refractivity contribution in [3.8, 4) is 0 Å². The maximum Gasteiger partial charge on any atom is 0.224 e. The number of hydrogen-bond acceptors (Lipinski definition) is 1. The molecule has 0 saturated carbocycles. The Labute approximate surface area is 126 Å². The van der Waals surface area contributed by atoms with Gasteiger partial charge in [0.25, 0.3) is 0 Å². The standard InChI is InChI=1S/C18H24N2O/c1-14-6-5-7-15(2)20(14)18(21)11-13-19-12-10-16-8-3-4-9-17(16)19/h3-4,8-10,12,14-15H,5-7,11,13H2,1-2H3. The lowest BCUT2D eigenvalue weighted by Crippen LogP contribution is -2.47. The number of amides is 1. The Kier molecular flexibility index (Phi) is 4.00. The summed E-state index contributed by atoms with van der Waals surface area (Å²) in [5.41, 5.74) is 1.21. The van der Waals surface area contributed by atoms with Gasteiger partial charge in [0.15, 0.2) is 0 Å². The number of nitrogens with zero attached hydrogens (tertiary/aromatic N) is 2. The molecule has 1 aliphatic rings. The minimum Gasteiger partial charge on any atom is -0.347 e. The molecule has 1 aliphatic heterocycles. The number of likely N-dealkylation sites (tertiary alicyclic amines) is 1. The van der Waals surface area contributed by atoms with Gasteiger partial charge in [0.05, 0.1) is 0 Å². The van der Waals surface area contributed by atoms with Crippen LogP contribution >= 0.6 is 0 Å². The van der Waals surface area contributed by atoms with Crippen molar-refractivity contribution < 1.29 is 4.79 Å². The van der Waals surface area contributed by atoms with Crippen LogP contribution in [0, 0.1) is 0 Å². The van der Waals surface area contributed by atoms with Crippen molar-refractivity contribution in [1.29, 1.82) is 0 Å². The lowest BCUT2D eigenvalue weighted by Gasteiger charge is -2.39. The summed E-state index contributed by atoms with van der Waals surface area (Å²) in [4.78, 5) is 14.7. The molecular weight excluding hydrogens is 260 g/mol. The normalized spacial score (nSPS) is 22.7. The van der Waals surface area contributed by atoms with Crippen LogP contribution in [0.4, 0.5) is 0 Å². The van der Waals surface area contributed by atoms with Crippen molar-refractivity contribution in [3.63, 3.8) is 0 Å². The van der Waals surface area contributed by atoms with Crippen LogP contribution in [0.3, 0.4) is 0 Å². The highest BCUT2D eigenvalue weighted by molar-refractivity contribution is 5.80. The fourth-order valence-corrected chi connectivity index (χ4v) is 3.59. The van der Waals surface area contributed by atoms with E-state index in [1.807, 2.05) is 0 Å². The molecule has 2 unspecified atom stereocenters. The molecule has 1 fully saturated rings. The molecule has 112 valence electrons. The van der Waals surface area contributed by atoms with E-state index in [1.54, 1.807) is 0 Å². The summed E-state index contributed by atoms with van der Waals surface area (Å²) >= 11 is 0. The third-order valence-electron chi connectivity index (χ3n) is 4.73. The summed E-state index contributed by atoms with van der Waals surface area (Å²) in [6.07, 6.45) is 6.20. The van der Waals surface area contributed by atoms with Crippen molar-refractivity contribution in [2.75, 3.05) is 0 Å². The van der Waals surface area contributed by atoms with Gasteiger partial charge in [0.1, 0.15) is 0 Å². The first-order valence-corrected chi connectivity index (χ1v) is 8.02. The van der Waals surface area contributed by atoms with Crippen LogP contribution in [0.15, 0.2) is 36.5 Å². The van der Waals surface area contributed by atoms with E-state index in [0.29, 0.717) is 24.4 Å². The topological polar surface area (TPSA) is 25.2 Å². The fraction of sp³-hybridized carbons (Fsp3) is 0.500. The number of aryl methyl sites for hydroxylation is 1. The molecule has 2 atom stereocenters. The minimum absolute atomic E-state index is 0.299. The molecule has 0 radical (unpaired) electrons. The highest BCUT2D eigenvalue weighted by atomic mass is 16.2. The van der Waals surface area contributed by atoms with Gasteiger partial charge in [-0.2, -0.15) is 0 Å². The number of piperidine rings is 1. The van der Waals surface area contributed by atoms with E-state index in [4.69, 9.17) is 0 Å². The van der Waals surface area contributed by atoms with Gasteiger partial charge >= 0.3 is 0 Å². The summed E-state index contributed by atoms with van der Waals surface area (Å²) in [7, 11) is 0. The zero-order chi connectivity index (χ0) is 14.8. The van der Waals surface area contributed by atoms with E-state index in [9.17, 15) is 4.79 Å². The number of para-hydroxylation sites is 1. The number of hydrogen-bond donors (Lipinski definition) is 0. The zero-order valence-corrected chi connectivity index (χ0v) is 13.0. The number of carbonyl (C=O) groups excluding carboxylic acids is 1. The second-order valence-electron chi connectivity index (χ2n) is 6.25. The van der Waals surface area contributed by atoms with Gasteiger partial charge < -0.3 is 9.47 Å². The molecule has 0 spiro atoms. The molecule has 1 aromatic carbocycles. The number of aromatic nitrogens is 1. The molecule has 3 heteroatoms. The first-order chi connectivity index (χ1) is 10.2. The molecule has 21 heavy (non-hydrogen) atoms. The van der Waals surface area contributed by atoms with Gasteiger partial charge in [-0.3, -0.25) is 4.79 Å². The van der Waals surface area contributed by atoms with Crippen LogP contribution in [0.5, 0.6) is 0 Å². The average molecular weight is 284 g/mol. The molecule has 0 bridgehead atoms. The maximum atomic E-state index is 12.6. The van der Waals surface area contributed by atoms with Crippen LogP contribution in [0.2, 0.25) is 0 Å². The van der Waals surface area contributed by atoms with E-state index in [1.165, 1.54) is 17.3 Å². The number of fused-ring (bicyclic) bond motifs is 1. The Hall–Kier alpha value is -1.77. The zero-order valence-electron chi connectivity index (χ0n) is 13.0. The SMILES string of the molecule is CC1CCCC(C)N1C(=O)CCn1ccc2ccccc21. The molecule has 1 amide bonds. The van der Waals surface area contributed by atoms with Crippen LogP contribution in [-0.4, -0.2) is 27.5 Å². The lowest BCUT2D eigenvalue weighted by molar-refractivity contribution is -0.137. The molecule has 2 aromatic rings. The van der Waals surface area contributed by atoms with Crippen LogP contribution in [0.25, 0.3) is 10.9 Å². The summed E-state index contributed by atoms with van der Waals surface area (Å²) < 4.78 is 2.19. The van der Waals surface area contributed by atoms with E-state index in [-0.39, 0.29) is 0 Å². The van der Waals surface area contributed by atoms with Crippen molar-refractivity contribution in [2.45, 2.75) is 58.2 Å². The molecular formula is C18H24N2O. The quantitative estimate of drug-likeness (QED) is 0.841. The average Bonchev–Trinajstić information content (AvgIpc) is 2.88. The van der Waals surface area contributed by atoms with E-state index < -0.39 is 0 Å². The summed E-state index contributed by atoms with van der Waals surface area (Å²) in [5, 5.41) is 1.24. The van der Waals surface area contributed by atoms with Crippen molar-refractivity contribution >= 4 is 16.8 Å². The predicted molar refractivity (Wildman–Crippen MR) is 86.2 cm³/mol. The molecule has 3 rings (SSSR count). The van der Waals surface area contributed by atoms with E-state index in [0.717, 1.165) is 19.4 Å². The Bertz CT molecular complexity index is 621. The monoisotopic (exact) mass is 284 g/mol. The largest absolute Gasteiger partial charge is 0.347 e. The third-order valence-corrected chi connectivity index (χ3v) is 4.73. The summed E-state index contributed by atoms with van der Waals surface area (Å²) in [6.45, 7) is 5.12. The summed E-state index contributed by atoms with van der Waals surface area (Å²) in [6, 6.07) is 11.2. The smallest absolute Gasteiger partial charge is 0.224 e. The van der Waals surface area contributed by atoms with Gasteiger partial charge in [0, 0.05) is 36.8 Å². The van der Waals surface area contributed by atoms with Gasteiger partial charge in [-0.25, -0.2) is 0 Å². The van der Waals surface area contributed by atoms with Crippen molar-refractivity contribution in [2.24, 2.45) is 0 Å². The van der Waals surface area contributed by atoms with Crippen molar-refractivity contribution in [3.05, 3.63) is 36.5 Å². The van der Waals surface area contributed by atoms with Gasteiger partial charge in [-0.05, 0) is 50.6 Å². The van der Waals surface area contributed by atoms with Crippen LogP contribution in [-0.2, 0) is 11.3 Å². The third kappa shape index (κ3) is 2.82. The fourth-order valence-electron chi connectivity index (χ4n) is 3.59. The molecule has 1 saturated heterocycles. The second kappa shape index (κ2) is 5.92. The van der Waals surface area contributed by atoms with Crippen molar-refractivity contribution in [1.82, 2.24) is 9.47 Å².